The standard InChI is InChI=1S/C10H7NO3.C5H7NO3/c11-6-5-9(12)7-1-3-8(4-2-7)10(13)14;1-6-2-4(5(7)8)9-3-6/h1-4H,5H2,(H,13,14);2H,3H2,1H3,(H,7,8). The van der Waals surface area contributed by atoms with Gasteiger partial charge >= 0.3 is 11.9 Å². The molecular formula is C15H14N2O6. The van der Waals surface area contributed by atoms with Crippen LogP contribution < -0.4 is 0 Å². The minimum atomic E-state index is -1.04. The molecule has 0 saturated heterocycles. The molecule has 0 atom stereocenters. The molecule has 1 aliphatic rings. The molecule has 0 saturated carbocycles. The molecule has 2 N–H and O–H groups in total. The molecular weight excluding hydrogens is 304 g/mol. The summed E-state index contributed by atoms with van der Waals surface area (Å²) in [6, 6.07) is 7.23. The van der Waals surface area contributed by atoms with Crippen LogP contribution in [0.1, 0.15) is 27.1 Å². The van der Waals surface area contributed by atoms with E-state index in [0.29, 0.717) is 12.3 Å². The maximum absolute atomic E-state index is 11.2. The van der Waals surface area contributed by atoms with Gasteiger partial charge in [0.15, 0.2) is 12.5 Å². The van der Waals surface area contributed by atoms with Gasteiger partial charge in [0.05, 0.1) is 24.3 Å². The van der Waals surface area contributed by atoms with Crippen molar-refractivity contribution in [2.24, 2.45) is 0 Å². The molecule has 2 rings (SSSR count). The van der Waals surface area contributed by atoms with Crippen molar-refractivity contribution in [1.29, 1.82) is 5.26 Å². The Bertz CT molecular complexity index is 672. The number of carboxylic acid groups (broad SMARTS) is 2. The fourth-order valence-corrected chi connectivity index (χ4v) is 1.54. The van der Waals surface area contributed by atoms with E-state index >= 15 is 0 Å². The van der Waals surface area contributed by atoms with Crippen LogP contribution in [0.4, 0.5) is 0 Å². The lowest BCUT2D eigenvalue weighted by atomic mass is 10.1. The fraction of sp³-hybridized carbons (Fsp3) is 0.200. The van der Waals surface area contributed by atoms with E-state index < -0.39 is 11.9 Å². The maximum Gasteiger partial charge on any atom is 0.372 e. The zero-order valence-corrected chi connectivity index (χ0v) is 12.2. The van der Waals surface area contributed by atoms with Crippen molar-refractivity contribution in [3.05, 3.63) is 47.4 Å². The number of nitrogens with zero attached hydrogens (tertiary/aromatic N) is 2. The Balaban J connectivity index is 0.000000253. The molecule has 0 radical (unpaired) electrons. The molecule has 1 aromatic rings. The van der Waals surface area contributed by atoms with Gasteiger partial charge in [0.25, 0.3) is 0 Å². The Hall–Kier alpha value is -3.34. The third-order valence-electron chi connectivity index (χ3n) is 2.67. The highest BCUT2D eigenvalue weighted by atomic mass is 16.5. The van der Waals surface area contributed by atoms with Crippen LogP contribution in [-0.2, 0) is 9.53 Å². The molecule has 8 heteroatoms. The summed E-state index contributed by atoms with van der Waals surface area (Å²) in [6.07, 6.45) is 1.26. The third kappa shape index (κ3) is 5.51. The minimum Gasteiger partial charge on any atom is -0.478 e. The molecule has 8 nitrogen and oxygen atoms in total. The number of ether oxygens (including phenoxy) is 1. The second-order valence-electron chi connectivity index (χ2n) is 4.47. The summed E-state index contributed by atoms with van der Waals surface area (Å²) in [5, 5.41) is 25.2. The van der Waals surface area contributed by atoms with Crippen molar-refractivity contribution >= 4 is 17.7 Å². The average molecular weight is 318 g/mol. The highest BCUT2D eigenvalue weighted by molar-refractivity contribution is 5.98. The van der Waals surface area contributed by atoms with Crippen molar-refractivity contribution in [3.8, 4) is 6.07 Å². The van der Waals surface area contributed by atoms with Crippen LogP contribution in [0, 0.1) is 11.3 Å². The number of carboxylic acids is 2. The van der Waals surface area contributed by atoms with Gasteiger partial charge in [-0.3, -0.25) is 4.79 Å². The van der Waals surface area contributed by atoms with Gasteiger partial charge in [0, 0.05) is 12.6 Å². The molecule has 0 spiro atoms. The van der Waals surface area contributed by atoms with Crippen LogP contribution >= 0.6 is 0 Å². The summed E-state index contributed by atoms with van der Waals surface area (Å²) < 4.78 is 4.71. The van der Waals surface area contributed by atoms with E-state index in [9.17, 15) is 14.4 Å². The van der Waals surface area contributed by atoms with Gasteiger partial charge in [0.1, 0.15) is 0 Å². The molecule has 0 fully saturated rings. The molecule has 0 aliphatic carbocycles. The lowest BCUT2D eigenvalue weighted by Gasteiger charge is -2.00. The highest BCUT2D eigenvalue weighted by Gasteiger charge is 2.15. The van der Waals surface area contributed by atoms with Crippen LogP contribution in [0.2, 0.25) is 0 Å². The number of Topliss-reactive ketones (excluding diaryl/α,β-unsaturated/α-hetero) is 1. The van der Waals surface area contributed by atoms with E-state index in [1.54, 1.807) is 18.0 Å². The maximum atomic E-state index is 11.2. The largest absolute Gasteiger partial charge is 0.478 e. The lowest BCUT2D eigenvalue weighted by molar-refractivity contribution is -0.136. The van der Waals surface area contributed by atoms with Gasteiger partial charge < -0.3 is 19.8 Å². The second kappa shape index (κ2) is 8.19. The summed E-state index contributed by atoms with van der Waals surface area (Å²) in [6.45, 7) is 0.335. The number of hydrogen-bond acceptors (Lipinski definition) is 6. The number of carbonyl (C=O) groups is 3. The predicted octanol–water partition coefficient (Wildman–Crippen LogP) is 1.31. The highest BCUT2D eigenvalue weighted by Crippen LogP contribution is 2.07. The van der Waals surface area contributed by atoms with Crippen LogP contribution in [-0.4, -0.2) is 46.6 Å². The van der Waals surface area contributed by atoms with Crippen LogP contribution in [0.25, 0.3) is 0 Å². The van der Waals surface area contributed by atoms with E-state index in [-0.39, 0.29) is 23.5 Å². The molecule has 0 amide bonds. The Labute approximate surface area is 131 Å². The normalized spacial score (nSPS) is 12.2. The molecule has 1 aliphatic heterocycles. The number of carbonyl (C=O) groups excluding carboxylic acids is 1. The number of hydrogen-bond donors (Lipinski definition) is 2. The molecule has 0 aromatic heterocycles. The van der Waals surface area contributed by atoms with Gasteiger partial charge in [-0.1, -0.05) is 12.1 Å². The van der Waals surface area contributed by atoms with Crippen molar-refractivity contribution in [1.82, 2.24) is 4.90 Å². The molecule has 1 aromatic carbocycles. The van der Waals surface area contributed by atoms with Gasteiger partial charge in [0.2, 0.25) is 5.76 Å². The number of nitriles is 1. The van der Waals surface area contributed by atoms with Gasteiger partial charge in [-0.05, 0) is 12.1 Å². The zero-order chi connectivity index (χ0) is 17.4. The lowest BCUT2D eigenvalue weighted by Crippen LogP contribution is -2.06. The second-order valence-corrected chi connectivity index (χ2v) is 4.47. The van der Waals surface area contributed by atoms with Crippen molar-refractivity contribution in [2.45, 2.75) is 6.42 Å². The zero-order valence-electron chi connectivity index (χ0n) is 12.2. The summed E-state index contributed by atoms with van der Waals surface area (Å²) >= 11 is 0. The van der Waals surface area contributed by atoms with Crippen molar-refractivity contribution in [2.75, 3.05) is 13.8 Å². The first kappa shape index (κ1) is 17.7. The number of ketones is 1. The van der Waals surface area contributed by atoms with Crippen LogP contribution in [0.5, 0.6) is 0 Å². The van der Waals surface area contributed by atoms with E-state index in [1.165, 1.54) is 30.5 Å². The van der Waals surface area contributed by atoms with E-state index in [2.05, 4.69) is 0 Å². The van der Waals surface area contributed by atoms with Gasteiger partial charge in [-0.2, -0.15) is 5.26 Å². The summed E-state index contributed by atoms with van der Waals surface area (Å²) in [4.78, 5) is 33.4. The summed E-state index contributed by atoms with van der Waals surface area (Å²) in [7, 11) is 1.75. The quantitative estimate of drug-likeness (QED) is 0.795. The van der Waals surface area contributed by atoms with Gasteiger partial charge in [-0.25, -0.2) is 9.59 Å². The van der Waals surface area contributed by atoms with Crippen LogP contribution in [0.3, 0.4) is 0 Å². The Morgan fingerprint density at radius 2 is 1.74 bits per heavy atom. The Morgan fingerprint density at radius 3 is 2.09 bits per heavy atom. The van der Waals surface area contributed by atoms with E-state index in [4.69, 9.17) is 20.2 Å². The number of aromatic carboxylic acids is 1. The number of aliphatic carboxylic acids is 1. The summed E-state index contributed by atoms with van der Waals surface area (Å²) in [5.74, 6) is -2.34. The molecule has 120 valence electrons. The van der Waals surface area contributed by atoms with E-state index in [1.807, 2.05) is 0 Å². The molecule has 0 unspecified atom stereocenters. The summed E-state index contributed by atoms with van der Waals surface area (Å²) in [5.41, 5.74) is 0.482. The van der Waals surface area contributed by atoms with E-state index in [0.717, 1.165) is 0 Å². The monoisotopic (exact) mass is 318 g/mol. The number of benzene rings is 1. The van der Waals surface area contributed by atoms with Crippen molar-refractivity contribution in [3.63, 3.8) is 0 Å². The Morgan fingerprint density at radius 1 is 1.17 bits per heavy atom. The van der Waals surface area contributed by atoms with Crippen LogP contribution in [0.15, 0.2) is 36.2 Å². The predicted molar refractivity (Wildman–Crippen MR) is 77.4 cm³/mol. The average Bonchev–Trinajstić information content (AvgIpc) is 2.95. The first-order chi connectivity index (χ1) is 10.8. The first-order valence-corrected chi connectivity index (χ1v) is 6.36. The minimum absolute atomic E-state index is 0.0116. The SMILES string of the molecule is CN1C=C(C(=O)O)OC1.N#CCC(=O)c1ccc(C(=O)O)cc1. The Kier molecular flexibility index (Phi) is 6.30. The smallest absolute Gasteiger partial charge is 0.372 e. The number of rotatable bonds is 4. The third-order valence-corrected chi connectivity index (χ3v) is 2.67. The first-order valence-electron chi connectivity index (χ1n) is 6.36. The topological polar surface area (TPSA) is 128 Å². The van der Waals surface area contributed by atoms with Gasteiger partial charge in [-0.15, -0.1) is 0 Å². The molecule has 1 heterocycles. The fourth-order valence-electron chi connectivity index (χ4n) is 1.54. The molecule has 23 heavy (non-hydrogen) atoms. The molecule has 0 bridgehead atoms. The van der Waals surface area contributed by atoms with Crippen molar-refractivity contribution < 1.29 is 29.3 Å².